The van der Waals surface area contributed by atoms with Gasteiger partial charge in [0.15, 0.2) is 5.00 Å². The maximum atomic E-state index is 11.9. The van der Waals surface area contributed by atoms with E-state index in [0.717, 1.165) is 16.1 Å². The molecular formula is C13H8N2O2S. The van der Waals surface area contributed by atoms with Crippen molar-refractivity contribution in [3.8, 4) is 0 Å². The number of fused-ring (bicyclic) bond motifs is 1. The lowest BCUT2D eigenvalue weighted by molar-refractivity contribution is -0.110. The van der Waals surface area contributed by atoms with Crippen molar-refractivity contribution in [2.75, 3.05) is 5.32 Å². The highest BCUT2D eigenvalue weighted by molar-refractivity contribution is 7.16. The minimum atomic E-state index is -0.120. The summed E-state index contributed by atoms with van der Waals surface area (Å²) in [5.74, 6) is -0.120. The van der Waals surface area contributed by atoms with Crippen LogP contribution in [0.2, 0.25) is 0 Å². The fourth-order valence-electron chi connectivity index (χ4n) is 1.89. The SMILES string of the molecule is O=Nc1ccc(/C=C2/C(=O)Nc3ccccc32)s1. The van der Waals surface area contributed by atoms with Gasteiger partial charge in [-0.1, -0.05) is 18.2 Å². The Kier molecular flexibility index (Phi) is 2.53. The zero-order chi connectivity index (χ0) is 12.5. The van der Waals surface area contributed by atoms with Crippen LogP contribution < -0.4 is 5.32 Å². The first-order valence-corrected chi connectivity index (χ1v) is 6.15. The summed E-state index contributed by atoms with van der Waals surface area (Å²) in [6.45, 7) is 0. The van der Waals surface area contributed by atoms with E-state index in [1.54, 1.807) is 18.2 Å². The van der Waals surface area contributed by atoms with E-state index < -0.39 is 0 Å². The standard InChI is InChI=1S/C13H8N2O2S/c16-13-10(7-8-5-6-12(15-17)18-8)9-3-1-2-4-11(9)14-13/h1-7H,(H,14,16)/b10-7+. The molecule has 0 fully saturated rings. The predicted molar refractivity (Wildman–Crippen MR) is 72.7 cm³/mol. The van der Waals surface area contributed by atoms with Crippen LogP contribution in [0.5, 0.6) is 0 Å². The van der Waals surface area contributed by atoms with E-state index in [0.29, 0.717) is 10.6 Å². The van der Waals surface area contributed by atoms with Crippen LogP contribution in [0.3, 0.4) is 0 Å². The lowest BCUT2D eigenvalue weighted by Crippen LogP contribution is -2.03. The number of carbonyl (C=O) groups is 1. The highest BCUT2D eigenvalue weighted by Gasteiger charge is 2.23. The Balaban J connectivity index is 2.06. The normalized spacial score (nSPS) is 15.6. The summed E-state index contributed by atoms with van der Waals surface area (Å²) in [5.41, 5.74) is 2.32. The molecule has 3 rings (SSSR count). The molecule has 1 aromatic carbocycles. The first-order chi connectivity index (χ1) is 8.78. The smallest absolute Gasteiger partial charge is 0.256 e. The van der Waals surface area contributed by atoms with Crippen LogP contribution in [0.15, 0.2) is 41.6 Å². The van der Waals surface area contributed by atoms with Crippen molar-refractivity contribution < 1.29 is 4.79 Å². The summed E-state index contributed by atoms with van der Waals surface area (Å²) in [6.07, 6.45) is 1.78. The summed E-state index contributed by atoms with van der Waals surface area (Å²) < 4.78 is 0. The summed E-state index contributed by atoms with van der Waals surface area (Å²) in [4.78, 5) is 23.1. The minimum Gasteiger partial charge on any atom is -0.321 e. The Labute approximate surface area is 107 Å². The molecule has 0 bridgehead atoms. The molecule has 0 saturated carbocycles. The van der Waals surface area contributed by atoms with Gasteiger partial charge < -0.3 is 5.32 Å². The van der Waals surface area contributed by atoms with Gasteiger partial charge in [0.05, 0.1) is 5.57 Å². The predicted octanol–water partition coefficient (Wildman–Crippen LogP) is 3.64. The molecule has 1 aliphatic rings. The fourth-order valence-corrected chi connectivity index (χ4v) is 2.62. The van der Waals surface area contributed by atoms with Crippen LogP contribution in [0.1, 0.15) is 10.4 Å². The molecule has 18 heavy (non-hydrogen) atoms. The molecule has 4 nitrogen and oxygen atoms in total. The first kappa shape index (κ1) is 10.9. The second-order valence-corrected chi connectivity index (χ2v) is 4.92. The number of amides is 1. The molecule has 1 amide bonds. The number of hydrogen-bond acceptors (Lipinski definition) is 4. The largest absolute Gasteiger partial charge is 0.321 e. The Bertz CT molecular complexity index is 673. The van der Waals surface area contributed by atoms with E-state index in [-0.39, 0.29) is 5.91 Å². The molecule has 88 valence electrons. The van der Waals surface area contributed by atoms with Crippen LogP contribution in [0.25, 0.3) is 11.6 Å². The maximum Gasteiger partial charge on any atom is 0.256 e. The Morgan fingerprint density at radius 3 is 2.78 bits per heavy atom. The van der Waals surface area contributed by atoms with Gasteiger partial charge in [0.1, 0.15) is 0 Å². The lowest BCUT2D eigenvalue weighted by Gasteiger charge is -1.95. The molecule has 0 spiro atoms. The third kappa shape index (κ3) is 1.74. The molecule has 5 heteroatoms. The van der Waals surface area contributed by atoms with Crippen LogP contribution in [-0.4, -0.2) is 5.91 Å². The molecule has 0 saturated heterocycles. The third-order valence-corrected chi connectivity index (χ3v) is 3.61. The van der Waals surface area contributed by atoms with Gasteiger partial charge in [-0.05, 0) is 29.5 Å². The van der Waals surface area contributed by atoms with E-state index >= 15 is 0 Å². The summed E-state index contributed by atoms with van der Waals surface area (Å²) in [5, 5.41) is 6.08. The molecule has 0 unspecified atom stereocenters. The van der Waals surface area contributed by atoms with Crippen molar-refractivity contribution in [3.63, 3.8) is 0 Å². The first-order valence-electron chi connectivity index (χ1n) is 5.33. The molecule has 0 aliphatic carbocycles. The van der Waals surface area contributed by atoms with Gasteiger partial charge in [-0.3, -0.25) is 4.79 Å². The molecule has 0 atom stereocenters. The van der Waals surface area contributed by atoms with Crippen molar-refractivity contribution in [3.05, 3.63) is 51.7 Å². The fraction of sp³-hybridized carbons (Fsp3) is 0. The molecule has 1 aliphatic heterocycles. The monoisotopic (exact) mass is 256 g/mol. The molecule has 0 radical (unpaired) electrons. The molecule has 1 N–H and O–H groups in total. The zero-order valence-corrected chi connectivity index (χ0v) is 10.0. The number of thiophene rings is 1. The van der Waals surface area contributed by atoms with Crippen molar-refractivity contribution in [2.45, 2.75) is 0 Å². The maximum absolute atomic E-state index is 11.9. The number of anilines is 1. The number of benzene rings is 1. The number of nitrogens with one attached hydrogen (secondary N) is 1. The number of nitroso groups, excluding NO2 is 1. The number of rotatable bonds is 2. The van der Waals surface area contributed by atoms with Gasteiger partial charge in [0.25, 0.3) is 5.91 Å². The molecule has 1 aromatic heterocycles. The van der Waals surface area contributed by atoms with E-state index in [2.05, 4.69) is 10.5 Å². The van der Waals surface area contributed by atoms with Crippen LogP contribution in [0.4, 0.5) is 10.7 Å². The van der Waals surface area contributed by atoms with Gasteiger partial charge >= 0.3 is 0 Å². The van der Waals surface area contributed by atoms with Crippen LogP contribution in [-0.2, 0) is 4.79 Å². The van der Waals surface area contributed by atoms with E-state index in [4.69, 9.17) is 0 Å². The van der Waals surface area contributed by atoms with E-state index in [1.165, 1.54) is 11.3 Å². The lowest BCUT2D eigenvalue weighted by atomic mass is 10.1. The van der Waals surface area contributed by atoms with Crippen molar-refractivity contribution in [1.82, 2.24) is 0 Å². The van der Waals surface area contributed by atoms with Gasteiger partial charge in [-0.15, -0.1) is 16.2 Å². The van der Waals surface area contributed by atoms with Crippen molar-refractivity contribution in [2.24, 2.45) is 5.18 Å². The van der Waals surface area contributed by atoms with Crippen molar-refractivity contribution in [1.29, 1.82) is 0 Å². The average molecular weight is 256 g/mol. The number of carbonyl (C=O) groups excluding carboxylic acids is 1. The summed E-state index contributed by atoms with van der Waals surface area (Å²) in [6, 6.07) is 10.9. The Morgan fingerprint density at radius 2 is 2.00 bits per heavy atom. The van der Waals surface area contributed by atoms with Crippen LogP contribution >= 0.6 is 11.3 Å². The molecule has 2 aromatic rings. The third-order valence-electron chi connectivity index (χ3n) is 2.70. The Morgan fingerprint density at radius 1 is 1.17 bits per heavy atom. The van der Waals surface area contributed by atoms with Crippen molar-refractivity contribution >= 4 is 39.6 Å². The number of nitrogens with zero attached hydrogens (tertiary/aromatic N) is 1. The van der Waals surface area contributed by atoms with Crippen LogP contribution in [0, 0.1) is 4.91 Å². The zero-order valence-electron chi connectivity index (χ0n) is 9.21. The minimum absolute atomic E-state index is 0.120. The Hall–Kier alpha value is -2.27. The average Bonchev–Trinajstić information content (AvgIpc) is 2.96. The van der Waals surface area contributed by atoms with E-state index in [9.17, 15) is 9.70 Å². The molecular weight excluding hydrogens is 248 g/mol. The highest BCUT2D eigenvalue weighted by atomic mass is 32.1. The second kappa shape index (κ2) is 4.19. The second-order valence-electron chi connectivity index (χ2n) is 3.83. The summed E-state index contributed by atoms with van der Waals surface area (Å²) >= 11 is 1.26. The van der Waals surface area contributed by atoms with Gasteiger partial charge in [-0.25, -0.2) is 0 Å². The van der Waals surface area contributed by atoms with Gasteiger partial charge in [-0.2, -0.15) is 0 Å². The van der Waals surface area contributed by atoms with Gasteiger partial charge in [0.2, 0.25) is 0 Å². The molecule has 2 heterocycles. The summed E-state index contributed by atoms with van der Waals surface area (Å²) in [7, 11) is 0. The number of para-hydroxylation sites is 1. The van der Waals surface area contributed by atoms with Gasteiger partial charge in [0, 0.05) is 16.1 Å². The number of hydrogen-bond donors (Lipinski definition) is 1. The highest BCUT2D eigenvalue weighted by Crippen LogP contribution is 2.34. The topological polar surface area (TPSA) is 58.5 Å². The quantitative estimate of drug-likeness (QED) is 0.658. The van der Waals surface area contributed by atoms with E-state index in [1.807, 2.05) is 24.3 Å².